The molecule has 1 fully saturated rings. The average Bonchev–Trinajstić information content (AvgIpc) is 3.09. The van der Waals surface area contributed by atoms with Gasteiger partial charge >= 0.3 is 0 Å². The Bertz CT molecular complexity index is 951. The molecule has 4 heterocycles. The normalized spacial score (nSPS) is 15.2. The van der Waals surface area contributed by atoms with E-state index in [0.29, 0.717) is 24.7 Å². The van der Waals surface area contributed by atoms with Crippen molar-refractivity contribution in [2.75, 3.05) is 36.9 Å². The van der Waals surface area contributed by atoms with E-state index in [1.165, 1.54) is 0 Å². The largest absolute Gasteiger partial charge is 0.325 e. The van der Waals surface area contributed by atoms with Gasteiger partial charge in [0.25, 0.3) is 0 Å². The zero-order valence-corrected chi connectivity index (χ0v) is 15.3. The van der Waals surface area contributed by atoms with Gasteiger partial charge in [-0.2, -0.15) is 5.10 Å². The second-order valence-corrected chi connectivity index (χ2v) is 6.65. The molecule has 0 saturated carbocycles. The van der Waals surface area contributed by atoms with Gasteiger partial charge in [-0.1, -0.05) is 6.07 Å². The van der Waals surface area contributed by atoms with Crippen LogP contribution in [0.4, 0.5) is 17.3 Å². The molecule has 8 nitrogen and oxygen atoms in total. The molecular weight excluding hydrogens is 342 g/mol. The lowest BCUT2D eigenvalue weighted by atomic mass is 10.2. The van der Waals surface area contributed by atoms with Crippen LogP contribution >= 0.6 is 0 Å². The number of carbonyl (C=O) groups is 1. The minimum absolute atomic E-state index is 0.0927. The number of pyridine rings is 2. The monoisotopic (exact) mass is 363 g/mol. The first-order chi connectivity index (χ1) is 13.1. The molecule has 1 aliphatic rings. The molecule has 0 bridgehead atoms. The van der Waals surface area contributed by atoms with Gasteiger partial charge in [0.2, 0.25) is 5.91 Å². The van der Waals surface area contributed by atoms with Crippen molar-refractivity contribution in [1.82, 2.24) is 24.6 Å². The summed E-state index contributed by atoms with van der Waals surface area (Å²) in [5, 5.41) is 7.47. The molecule has 4 rings (SSSR count). The van der Waals surface area contributed by atoms with Crippen LogP contribution in [0.25, 0.3) is 5.82 Å². The lowest BCUT2D eigenvalue weighted by molar-refractivity contribution is -0.120. The number of carbonyl (C=O) groups excluding carboxylic acids is 1. The Labute approximate surface area is 157 Å². The van der Waals surface area contributed by atoms with Gasteiger partial charge in [0.05, 0.1) is 24.6 Å². The van der Waals surface area contributed by atoms with E-state index in [2.05, 4.69) is 20.4 Å². The lowest BCUT2D eigenvalue weighted by Gasteiger charge is -2.31. The van der Waals surface area contributed by atoms with Crippen LogP contribution in [0.3, 0.4) is 0 Å². The number of anilines is 3. The molecular formula is C19H21N7O. The smallest absolute Gasteiger partial charge is 0.241 e. The summed E-state index contributed by atoms with van der Waals surface area (Å²) in [4.78, 5) is 25.0. The van der Waals surface area contributed by atoms with E-state index in [1.54, 1.807) is 22.0 Å². The maximum Gasteiger partial charge on any atom is 0.241 e. The fourth-order valence-electron chi connectivity index (χ4n) is 2.97. The zero-order chi connectivity index (χ0) is 18.8. The van der Waals surface area contributed by atoms with Crippen LogP contribution in [-0.4, -0.2) is 57.2 Å². The summed E-state index contributed by atoms with van der Waals surface area (Å²) < 4.78 is 1.73. The maximum absolute atomic E-state index is 12.2. The highest BCUT2D eigenvalue weighted by Gasteiger charge is 2.22. The topological polar surface area (TPSA) is 79.2 Å². The average molecular weight is 363 g/mol. The Balaban J connectivity index is 1.48. The fraction of sp³-hybridized carbons (Fsp3) is 0.263. The van der Waals surface area contributed by atoms with Crippen molar-refractivity contribution >= 4 is 23.2 Å². The molecule has 3 aromatic heterocycles. The van der Waals surface area contributed by atoms with Crippen molar-refractivity contribution in [2.45, 2.75) is 6.92 Å². The van der Waals surface area contributed by atoms with E-state index in [9.17, 15) is 4.79 Å². The van der Waals surface area contributed by atoms with Gasteiger partial charge < -0.3 is 10.2 Å². The molecule has 8 heteroatoms. The van der Waals surface area contributed by atoms with Crippen LogP contribution in [0.5, 0.6) is 0 Å². The van der Waals surface area contributed by atoms with Crippen molar-refractivity contribution in [3.8, 4) is 5.82 Å². The molecule has 0 aliphatic carbocycles. The summed E-state index contributed by atoms with van der Waals surface area (Å²) >= 11 is 0. The molecule has 1 aliphatic heterocycles. The van der Waals surface area contributed by atoms with Crippen molar-refractivity contribution in [1.29, 1.82) is 0 Å². The summed E-state index contributed by atoms with van der Waals surface area (Å²) in [5.41, 5.74) is 1.89. The number of nitrogens with one attached hydrogen (secondary N) is 1. The van der Waals surface area contributed by atoms with Gasteiger partial charge in [-0.25, -0.2) is 14.6 Å². The molecule has 3 aromatic rings. The van der Waals surface area contributed by atoms with Crippen LogP contribution in [0.2, 0.25) is 0 Å². The van der Waals surface area contributed by atoms with E-state index in [1.807, 2.05) is 55.4 Å². The highest BCUT2D eigenvalue weighted by Crippen LogP contribution is 2.20. The number of likely N-dealkylation sites (N-methyl/N-ethyl adjacent to an activating group) is 1. The maximum atomic E-state index is 12.2. The first kappa shape index (κ1) is 17.2. The van der Waals surface area contributed by atoms with Gasteiger partial charge in [-0.05, 0) is 43.8 Å². The minimum atomic E-state index is 0.0927. The zero-order valence-electron chi connectivity index (χ0n) is 15.3. The van der Waals surface area contributed by atoms with Gasteiger partial charge in [0, 0.05) is 19.3 Å². The number of aromatic nitrogens is 4. The van der Waals surface area contributed by atoms with E-state index < -0.39 is 0 Å². The van der Waals surface area contributed by atoms with E-state index in [0.717, 1.165) is 23.6 Å². The van der Waals surface area contributed by atoms with Crippen LogP contribution in [0, 0.1) is 6.92 Å². The summed E-state index contributed by atoms with van der Waals surface area (Å²) in [6.45, 7) is 3.96. The molecule has 0 spiro atoms. The number of hydrogen-bond donors (Lipinski definition) is 1. The summed E-state index contributed by atoms with van der Waals surface area (Å²) in [7, 11) is 1.95. The summed E-state index contributed by atoms with van der Waals surface area (Å²) in [6, 6.07) is 9.44. The number of aryl methyl sites for hydroxylation is 1. The predicted molar refractivity (Wildman–Crippen MR) is 103 cm³/mol. The van der Waals surface area contributed by atoms with Gasteiger partial charge in [-0.15, -0.1) is 0 Å². The highest BCUT2D eigenvalue weighted by molar-refractivity contribution is 5.95. The summed E-state index contributed by atoms with van der Waals surface area (Å²) in [5.74, 6) is 2.17. The van der Waals surface area contributed by atoms with Crippen LogP contribution in [-0.2, 0) is 4.79 Å². The number of nitrogens with zero attached hydrogens (tertiary/aromatic N) is 6. The fourth-order valence-corrected chi connectivity index (χ4v) is 2.97. The van der Waals surface area contributed by atoms with Crippen LogP contribution < -0.4 is 10.2 Å². The Morgan fingerprint density at radius 3 is 2.67 bits per heavy atom. The Morgan fingerprint density at radius 2 is 1.96 bits per heavy atom. The lowest BCUT2D eigenvalue weighted by Crippen LogP contribution is -2.48. The van der Waals surface area contributed by atoms with Crippen LogP contribution in [0.1, 0.15) is 5.56 Å². The van der Waals surface area contributed by atoms with E-state index in [-0.39, 0.29) is 5.91 Å². The second kappa shape index (κ2) is 7.16. The second-order valence-electron chi connectivity index (χ2n) is 6.65. The number of amides is 1. The third-order valence-corrected chi connectivity index (χ3v) is 4.41. The molecule has 0 radical (unpaired) electrons. The van der Waals surface area contributed by atoms with Crippen molar-refractivity contribution in [3.63, 3.8) is 0 Å². The molecule has 1 amide bonds. The molecule has 0 atom stereocenters. The molecule has 1 N–H and O–H groups in total. The molecule has 0 unspecified atom stereocenters. The van der Waals surface area contributed by atoms with Gasteiger partial charge in [0.1, 0.15) is 11.6 Å². The minimum Gasteiger partial charge on any atom is -0.325 e. The van der Waals surface area contributed by atoms with Crippen molar-refractivity contribution in [3.05, 3.63) is 54.5 Å². The quantitative estimate of drug-likeness (QED) is 0.764. The molecule has 27 heavy (non-hydrogen) atoms. The molecule has 0 aromatic carbocycles. The number of hydrogen-bond acceptors (Lipinski definition) is 6. The third kappa shape index (κ3) is 3.80. The standard InChI is InChI=1S/C19H21N7O/c1-14-10-21-26(12-14)18-5-3-4-17(23-18)22-16-7-6-15(11-20-16)25-9-8-24(2)13-19(25)27/h3-7,10-12H,8-9,13H2,1-2H3,(H,20,22,23). The van der Waals surface area contributed by atoms with Crippen molar-refractivity contribution in [2.24, 2.45) is 0 Å². The summed E-state index contributed by atoms with van der Waals surface area (Å²) in [6.07, 6.45) is 5.43. The van der Waals surface area contributed by atoms with E-state index in [4.69, 9.17) is 0 Å². The molecule has 1 saturated heterocycles. The first-order valence-corrected chi connectivity index (χ1v) is 8.79. The van der Waals surface area contributed by atoms with Crippen LogP contribution in [0.15, 0.2) is 48.9 Å². The SMILES string of the molecule is Cc1cnn(-c2cccc(Nc3ccc(N4CCN(C)CC4=O)cn3)n2)c1. The predicted octanol–water partition coefficient (Wildman–Crippen LogP) is 1.99. The Kier molecular flexibility index (Phi) is 4.55. The number of rotatable bonds is 4. The first-order valence-electron chi connectivity index (χ1n) is 8.79. The Morgan fingerprint density at radius 1 is 1.07 bits per heavy atom. The van der Waals surface area contributed by atoms with Gasteiger partial charge in [-0.3, -0.25) is 9.69 Å². The van der Waals surface area contributed by atoms with Gasteiger partial charge in [0.15, 0.2) is 5.82 Å². The highest BCUT2D eigenvalue weighted by atomic mass is 16.2. The van der Waals surface area contributed by atoms with E-state index >= 15 is 0 Å². The Hall–Kier alpha value is -3.26. The number of piperazine rings is 1. The molecule has 138 valence electrons. The van der Waals surface area contributed by atoms with Crippen molar-refractivity contribution < 1.29 is 4.79 Å². The third-order valence-electron chi connectivity index (χ3n) is 4.41.